The molecule has 1 aliphatic rings. The molecule has 0 saturated carbocycles. The fourth-order valence-electron chi connectivity index (χ4n) is 7.89. The molecule has 14 heteroatoms. The summed E-state index contributed by atoms with van der Waals surface area (Å²) < 4.78 is 11.5. The molecule has 72 heavy (non-hydrogen) atoms. The largest absolute Gasteiger partial charge is 0.507 e. The van der Waals surface area contributed by atoms with Crippen LogP contribution in [0.25, 0.3) is 12.2 Å². The molecule has 0 bridgehead atoms. The number of cyclic esters (lactones) is 2. The summed E-state index contributed by atoms with van der Waals surface area (Å²) >= 11 is 0. The van der Waals surface area contributed by atoms with E-state index >= 15 is 0 Å². The van der Waals surface area contributed by atoms with Gasteiger partial charge in [0.1, 0.15) is 34.8 Å². The van der Waals surface area contributed by atoms with Crippen molar-refractivity contribution in [2.45, 2.75) is 153 Å². The average Bonchev–Trinajstić information content (AvgIpc) is 3.27. The van der Waals surface area contributed by atoms with Crippen LogP contribution in [0.5, 0.6) is 11.5 Å². The Morgan fingerprint density at radius 1 is 0.514 bits per heavy atom. The van der Waals surface area contributed by atoms with Crippen LogP contribution >= 0.6 is 0 Å². The number of rotatable bonds is 4. The van der Waals surface area contributed by atoms with Crippen LogP contribution < -0.4 is 0 Å². The van der Waals surface area contributed by atoms with Gasteiger partial charge in [-0.1, -0.05) is 145 Å². The van der Waals surface area contributed by atoms with Gasteiger partial charge in [-0.3, -0.25) is 0 Å². The van der Waals surface area contributed by atoms with E-state index in [2.05, 4.69) is 0 Å². The molecule has 0 amide bonds. The Labute approximate surface area is 424 Å². The quantitative estimate of drug-likeness (QED) is 0.103. The Kier molecular flexibility index (Phi) is 27.6. The third-order valence-corrected chi connectivity index (χ3v) is 11.3. The zero-order valence-electron chi connectivity index (χ0n) is 41.8. The Morgan fingerprint density at radius 3 is 1.25 bits per heavy atom. The van der Waals surface area contributed by atoms with Crippen molar-refractivity contribution in [3.05, 3.63) is 167 Å². The lowest BCUT2D eigenvalue weighted by molar-refractivity contribution is -0.00168. The first kappa shape index (κ1) is 60.4. The Hall–Kier alpha value is -5.94. The van der Waals surface area contributed by atoms with E-state index in [1.54, 1.807) is 109 Å². The molecule has 0 aromatic heterocycles. The molecule has 0 aliphatic carbocycles. The van der Waals surface area contributed by atoms with Crippen LogP contribution in [0.4, 0.5) is 0 Å². The van der Waals surface area contributed by atoms with Crippen molar-refractivity contribution in [1.29, 1.82) is 0 Å². The van der Waals surface area contributed by atoms with Crippen LogP contribution in [0.15, 0.2) is 145 Å². The summed E-state index contributed by atoms with van der Waals surface area (Å²) in [6.45, 7) is 6.75. The second-order valence-corrected chi connectivity index (χ2v) is 18.4. The standard InChI is InChI=1S/C58H76O14/c1-39-19-11-7-5-9-13-21-43-23-15-29-53(67)55(43)57(69)72-52(34-42(4)60)38-48(64)28-18-26-46(62)36-50(66)32-40(2)20-12-8-6-10-14-22-44-24-16-30-54(68)56(44)58(70)71-51(33-41(3)59)37-47(63)27-17-25-45(61)35-49(65)31-39/h5-26,29-30,41-42,45-52,59-68H,27-28,31-38H2,1-4H3/b9-5+,10-6+,11-7+,12-8+,21-13-,22-14+,25-17+,26-18+,39-19+,40-20+/t41?,42-,45-,46-,47+,48+,49+,50?,51+,52+/m1/s1. The number of aliphatic hydroxyl groups is 8. The van der Waals surface area contributed by atoms with Crippen molar-refractivity contribution in [1.82, 2.24) is 0 Å². The lowest BCUT2D eigenvalue weighted by atomic mass is 10.0. The van der Waals surface area contributed by atoms with Gasteiger partial charge >= 0.3 is 11.9 Å². The molecule has 10 N–H and O–H groups in total. The minimum Gasteiger partial charge on any atom is -0.507 e. The van der Waals surface area contributed by atoms with Crippen LogP contribution in [0.1, 0.15) is 124 Å². The fraction of sp³-hybridized carbons (Fsp3) is 0.414. The first-order valence-corrected chi connectivity index (χ1v) is 24.5. The van der Waals surface area contributed by atoms with Crippen molar-refractivity contribution in [2.75, 3.05) is 0 Å². The van der Waals surface area contributed by atoms with Gasteiger partial charge in [0.2, 0.25) is 0 Å². The van der Waals surface area contributed by atoms with Crippen LogP contribution in [-0.2, 0) is 9.47 Å². The summed E-state index contributed by atoms with van der Waals surface area (Å²) in [6, 6.07) is 9.14. The van der Waals surface area contributed by atoms with Crippen LogP contribution in [0.3, 0.4) is 0 Å². The third kappa shape index (κ3) is 24.5. The van der Waals surface area contributed by atoms with E-state index in [9.17, 15) is 60.7 Å². The SMILES string of the molecule is C\C1=C/C=C/C=C/C=C/c2cccc(O)c2C(=O)O[C@@H](CC(C)O)C[C@@H](O)C/C=C/[C@@H](O)C[C@@H](O)C/C(C)=C/C=C/C=C/C=C\c2cccc(O)c2C(=O)O[C@@H](C[C@@H](C)O)C[C@@H](O)C/C=C/[C@@H](O)CC(O)C1. The molecule has 0 radical (unpaired) electrons. The van der Waals surface area contributed by atoms with Gasteiger partial charge in [-0.15, -0.1) is 0 Å². The van der Waals surface area contributed by atoms with Crippen molar-refractivity contribution < 1.29 is 70.1 Å². The number of benzene rings is 2. The number of aromatic hydroxyl groups is 2. The van der Waals surface area contributed by atoms with Gasteiger partial charge in [0.15, 0.2) is 0 Å². The van der Waals surface area contributed by atoms with Gasteiger partial charge in [0.05, 0.1) is 48.8 Å². The molecule has 0 saturated heterocycles. The second kappa shape index (κ2) is 32.9. The number of aliphatic hydroxyl groups excluding tert-OH is 8. The summed E-state index contributed by atoms with van der Waals surface area (Å²) in [5, 5.41) is 106. The maximum absolute atomic E-state index is 13.5. The van der Waals surface area contributed by atoms with Gasteiger partial charge in [0, 0.05) is 38.5 Å². The van der Waals surface area contributed by atoms with Gasteiger partial charge < -0.3 is 60.5 Å². The highest BCUT2D eigenvalue weighted by Crippen LogP contribution is 2.27. The fourth-order valence-corrected chi connectivity index (χ4v) is 7.89. The highest BCUT2D eigenvalue weighted by atomic mass is 16.5. The van der Waals surface area contributed by atoms with Crippen molar-refractivity contribution in [3.8, 4) is 11.5 Å². The monoisotopic (exact) mass is 997 g/mol. The highest BCUT2D eigenvalue weighted by Gasteiger charge is 2.26. The van der Waals surface area contributed by atoms with E-state index < -0.39 is 73.0 Å². The number of phenols is 2. The zero-order chi connectivity index (χ0) is 53.0. The molecular formula is C58H76O14. The predicted octanol–water partition coefficient (Wildman–Crippen LogP) is 7.95. The lowest BCUT2D eigenvalue weighted by Gasteiger charge is -2.22. The van der Waals surface area contributed by atoms with Crippen LogP contribution in [0.2, 0.25) is 0 Å². The van der Waals surface area contributed by atoms with E-state index in [-0.39, 0.29) is 86.8 Å². The molecule has 2 aromatic carbocycles. The molecule has 1 aliphatic heterocycles. The summed E-state index contributed by atoms with van der Waals surface area (Å²) in [7, 11) is 0. The Balaban J connectivity index is 1.82. The molecule has 3 rings (SSSR count). The lowest BCUT2D eigenvalue weighted by Crippen LogP contribution is -2.27. The van der Waals surface area contributed by atoms with Crippen molar-refractivity contribution in [3.63, 3.8) is 0 Å². The van der Waals surface area contributed by atoms with Gasteiger partial charge in [-0.05, 0) is 76.6 Å². The van der Waals surface area contributed by atoms with E-state index in [0.29, 0.717) is 11.1 Å². The molecule has 2 unspecified atom stereocenters. The van der Waals surface area contributed by atoms with Gasteiger partial charge in [-0.25, -0.2) is 9.59 Å². The molecule has 0 spiro atoms. The van der Waals surface area contributed by atoms with E-state index in [1.165, 1.54) is 38.1 Å². The smallest absolute Gasteiger partial charge is 0.342 e. The number of hydrogen-bond acceptors (Lipinski definition) is 14. The summed E-state index contributed by atoms with van der Waals surface area (Å²) in [5.74, 6) is -2.29. The normalized spacial score (nSPS) is 30.7. The molecule has 0 fully saturated rings. The highest BCUT2D eigenvalue weighted by molar-refractivity contribution is 5.97. The molecular weight excluding hydrogens is 921 g/mol. The minimum atomic E-state index is -1.01. The number of fused-ring (bicyclic) bond motifs is 2. The van der Waals surface area contributed by atoms with Gasteiger partial charge in [-0.2, -0.15) is 0 Å². The first-order chi connectivity index (χ1) is 34.3. The number of allylic oxidation sites excluding steroid dienone is 12. The Morgan fingerprint density at radius 2 is 0.875 bits per heavy atom. The molecule has 2 aromatic rings. The van der Waals surface area contributed by atoms with E-state index in [4.69, 9.17) is 9.47 Å². The number of phenolic OH excluding ortho intramolecular Hbond substituents is 2. The molecule has 1 heterocycles. The maximum Gasteiger partial charge on any atom is 0.342 e. The number of hydrogen-bond donors (Lipinski definition) is 10. The topological polar surface area (TPSA) is 255 Å². The second-order valence-electron chi connectivity index (χ2n) is 18.4. The predicted molar refractivity (Wildman–Crippen MR) is 281 cm³/mol. The summed E-state index contributed by atoms with van der Waals surface area (Å²) in [6.07, 6.45) is 21.8. The van der Waals surface area contributed by atoms with E-state index in [0.717, 1.165) is 11.1 Å². The van der Waals surface area contributed by atoms with Gasteiger partial charge in [0.25, 0.3) is 0 Å². The summed E-state index contributed by atoms with van der Waals surface area (Å²) in [4.78, 5) is 26.9. The number of ether oxygens (including phenoxy) is 2. The van der Waals surface area contributed by atoms with Crippen molar-refractivity contribution in [2.24, 2.45) is 0 Å². The zero-order valence-corrected chi connectivity index (χ0v) is 41.8. The Bertz CT molecular complexity index is 2130. The molecule has 14 nitrogen and oxygen atoms in total. The van der Waals surface area contributed by atoms with E-state index in [1.807, 2.05) is 26.0 Å². The van der Waals surface area contributed by atoms with Crippen molar-refractivity contribution >= 4 is 24.1 Å². The molecule has 392 valence electrons. The van der Waals surface area contributed by atoms with Crippen LogP contribution in [0, 0.1) is 0 Å². The number of carbonyl (C=O) groups is 2. The van der Waals surface area contributed by atoms with Crippen LogP contribution in [-0.4, -0.2) is 124 Å². The average molecular weight is 997 g/mol. The molecule has 10 atom stereocenters. The first-order valence-electron chi connectivity index (χ1n) is 24.5. The number of carbonyl (C=O) groups excluding carboxylic acids is 2. The number of esters is 2. The minimum absolute atomic E-state index is 0.0244. The maximum atomic E-state index is 13.5. The third-order valence-electron chi connectivity index (χ3n) is 11.3. The summed E-state index contributed by atoms with van der Waals surface area (Å²) in [5.41, 5.74) is 2.27.